The van der Waals surface area contributed by atoms with Crippen molar-refractivity contribution < 1.29 is 13.2 Å². The van der Waals surface area contributed by atoms with Gasteiger partial charge in [0.2, 0.25) is 10.0 Å². The SMILES string of the molecule is O=S(=O)(c1ccc(NC(=S)NC2CCC3CNNC3C2)cc1)N1CCOCC1. The number of rotatable bonds is 4. The lowest BCUT2D eigenvalue weighted by molar-refractivity contribution is 0.0730. The number of sulfonamides is 1. The summed E-state index contributed by atoms with van der Waals surface area (Å²) in [7, 11) is -3.47. The third kappa shape index (κ3) is 4.47. The molecule has 1 aromatic carbocycles. The highest BCUT2D eigenvalue weighted by atomic mass is 32.2. The van der Waals surface area contributed by atoms with Gasteiger partial charge in [-0.25, -0.2) is 8.42 Å². The van der Waals surface area contributed by atoms with E-state index in [1.165, 1.54) is 10.7 Å². The van der Waals surface area contributed by atoms with Gasteiger partial charge in [0.15, 0.2) is 5.11 Å². The van der Waals surface area contributed by atoms with Crippen LogP contribution in [-0.2, 0) is 14.8 Å². The highest BCUT2D eigenvalue weighted by molar-refractivity contribution is 7.89. The first kappa shape index (κ1) is 20.0. The number of nitrogens with one attached hydrogen (secondary N) is 4. The lowest BCUT2D eigenvalue weighted by atomic mass is 9.83. The molecule has 154 valence electrons. The Balaban J connectivity index is 1.32. The van der Waals surface area contributed by atoms with Crippen molar-refractivity contribution in [3.05, 3.63) is 24.3 Å². The predicted molar refractivity (Wildman–Crippen MR) is 111 cm³/mol. The van der Waals surface area contributed by atoms with Crippen LogP contribution >= 0.6 is 12.2 Å². The van der Waals surface area contributed by atoms with Gasteiger partial charge in [0, 0.05) is 37.4 Å². The van der Waals surface area contributed by atoms with Gasteiger partial charge in [0.05, 0.1) is 18.1 Å². The molecule has 0 radical (unpaired) electrons. The summed E-state index contributed by atoms with van der Waals surface area (Å²) in [4.78, 5) is 0.289. The van der Waals surface area contributed by atoms with Crippen LogP contribution in [0.2, 0.25) is 0 Å². The van der Waals surface area contributed by atoms with Crippen LogP contribution in [0.25, 0.3) is 0 Å². The fourth-order valence-electron chi connectivity index (χ4n) is 4.11. The minimum atomic E-state index is -3.47. The second-order valence-electron chi connectivity index (χ2n) is 7.54. The van der Waals surface area contributed by atoms with E-state index in [0.29, 0.717) is 49.4 Å². The fraction of sp³-hybridized carbons (Fsp3) is 0.611. The van der Waals surface area contributed by atoms with Crippen molar-refractivity contribution in [3.8, 4) is 0 Å². The molecule has 10 heteroatoms. The Morgan fingerprint density at radius 3 is 2.68 bits per heavy atom. The monoisotopic (exact) mass is 425 g/mol. The Morgan fingerprint density at radius 2 is 1.93 bits per heavy atom. The van der Waals surface area contributed by atoms with Gasteiger partial charge < -0.3 is 15.4 Å². The van der Waals surface area contributed by atoms with E-state index in [4.69, 9.17) is 17.0 Å². The van der Waals surface area contributed by atoms with Gasteiger partial charge in [-0.3, -0.25) is 10.9 Å². The molecule has 0 aromatic heterocycles. The van der Waals surface area contributed by atoms with Crippen LogP contribution in [0.5, 0.6) is 0 Å². The number of ether oxygens (including phenoxy) is 1. The zero-order valence-electron chi connectivity index (χ0n) is 15.7. The lowest BCUT2D eigenvalue weighted by Crippen LogP contribution is -2.46. The van der Waals surface area contributed by atoms with Crippen LogP contribution in [0, 0.1) is 5.92 Å². The molecule has 4 N–H and O–H groups in total. The molecular weight excluding hydrogens is 398 g/mol. The molecule has 3 aliphatic rings. The first-order chi connectivity index (χ1) is 13.5. The second-order valence-corrected chi connectivity index (χ2v) is 9.89. The van der Waals surface area contributed by atoms with Crippen molar-refractivity contribution in [1.82, 2.24) is 20.5 Å². The molecule has 3 unspecified atom stereocenters. The number of hydrogen-bond donors (Lipinski definition) is 4. The Labute approximate surface area is 171 Å². The smallest absolute Gasteiger partial charge is 0.243 e. The van der Waals surface area contributed by atoms with E-state index in [-0.39, 0.29) is 4.90 Å². The molecule has 3 atom stereocenters. The van der Waals surface area contributed by atoms with Crippen LogP contribution in [0.3, 0.4) is 0 Å². The van der Waals surface area contributed by atoms with Crippen molar-refractivity contribution in [2.24, 2.45) is 5.92 Å². The Bertz CT molecular complexity index is 796. The number of hydrazine groups is 1. The summed E-state index contributed by atoms with van der Waals surface area (Å²) in [5.74, 6) is 0.709. The predicted octanol–water partition coefficient (Wildman–Crippen LogP) is 0.639. The molecule has 0 spiro atoms. The Kier molecular flexibility index (Phi) is 6.14. The van der Waals surface area contributed by atoms with Crippen molar-refractivity contribution in [2.75, 3.05) is 38.2 Å². The summed E-state index contributed by atoms with van der Waals surface area (Å²) in [6.07, 6.45) is 3.32. The first-order valence-electron chi connectivity index (χ1n) is 9.76. The minimum Gasteiger partial charge on any atom is -0.379 e. The highest BCUT2D eigenvalue weighted by Crippen LogP contribution is 2.26. The maximum absolute atomic E-state index is 12.7. The molecule has 1 aliphatic carbocycles. The zero-order chi connectivity index (χ0) is 19.6. The normalized spacial score (nSPS) is 28.5. The molecule has 2 saturated heterocycles. The van der Waals surface area contributed by atoms with E-state index in [1.807, 2.05) is 0 Å². The summed E-state index contributed by atoms with van der Waals surface area (Å²) in [6.45, 7) is 2.70. The van der Waals surface area contributed by atoms with Gasteiger partial charge in [-0.1, -0.05) is 0 Å². The average molecular weight is 426 g/mol. The molecule has 1 saturated carbocycles. The maximum atomic E-state index is 12.7. The molecule has 0 bridgehead atoms. The number of fused-ring (bicyclic) bond motifs is 1. The third-order valence-electron chi connectivity index (χ3n) is 5.70. The van der Waals surface area contributed by atoms with E-state index >= 15 is 0 Å². The van der Waals surface area contributed by atoms with Crippen LogP contribution in [0.15, 0.2) is 29.2 Å². The maximum Gasteiger partial charge on any atom is 0.243 e. The highest BCUT2D eigenvalue weighted by Gasteiger charge is 2.33. The largest absolute Gasteiger partial charge is 0.379 e. The summed E-state index contributed by atoms with van der Waals surface area (Å²) in [5, 5.41) is 7.12. The van der Waals surface area contributed by atoms with Crippen LogP contribution in [0.4, 0.5) is 5.69 Å². The van der Waals surface area contributed by atoms with Crippen molar-refractivity contribution >= 4 is 33.0 Å². The van der Waals surface area contributed by atoms with Gasteiger partial charge in [0.1, 0.15) is 0 Å². The number of benzene rings is 1. The van der Waals surface area contributed by atoms with E-state index in [2.05, 4.69) is 21.5 Å². The van der Waals surface area contributed by atoms with E-state index in [9.17, 15) is 8.42 Å². The van der Waals surface area contributed by atoms with E-state index in [1.54, 1.807) is 24.3 Å². The molecule has 2 heterocycles. The number of anilines is 1. The van der Waals surface area contributed by atoms with Crippen molar-refractivity contribution in [1.29, 1.82) is 0 Å². The van der Waals surface area contributed by atoms with Gasteiger partial charge in [-0.15, -0.1) is 0 Å². The molecule has 1 aromatic rings. The topological polar surface area (TPSA) is 94.7 Å². The third-order valence-corrected chi connectivity index (χ3v) is 7.83. The number of hydrogen-bond acceptors (Lipinski definition) is 6. The summed E-state index contributed by atoms with van der Waals surface area (Å²) < 4.78 is 32.0. The van der Waals surface area contributed by atoms with E-state index < -0.39 is 10.0 Å². The van der Waals surface area contributed by atoms with E-state index in [0.717, 1.165) is 25.1 Å². The summed E-state index contributed by atoms with van der Waals surface area (Å²) in [6, 6.07) is 7.58. The quantitative estimate of drug-likeness (QED) is 0.522. The summed E-state index contributed by atoms with van der Waals surface area (Å²) in [5.41, 5.74) is 7.34. The summed E-state index contributed by atoms with van der Waals surface area (Å²) >= 11 is 5.45. The minimum absolute atomic E-state index is 0.289. The molecule has 3 fully saturated rings. The number of nitrogens with zero attached hydrogens (tertiary/aromatic N) is 1. The lowest BCUT2D eigenvalue weighted by Gasteiger charge is -2.32. The van der Waals surface area contributed by atoms with Crippen LogP contribution < -0.4 is 21.5 Å². The zero-order valence-corrected chi connectivity index (χ0v) is 17.3. The van der Waals surface area contributed by atoms with Crippen LogP contribution in [0.1, 0.15) is 19.3 Å². The molecule has 28 heavy (non-hydrogen) atoms. The first-order valence-corrected chi connectivity index (χ1v) is 11.6. The number of thiocarbonyl (C=S) groups is 1. The fourth-order valence-corrected chi connectivity index (χ4v) is 5.80. The second kappa shape index (κ2) is 8.60. The Morgan fingerprint density at radius 1 is 1.18 bits per heavy atom. The van der Waals surface area contributed by atoms with Gasteiger partial charge in [-0.05, 0) is 61.7 Å². The van der Waals surface area contributed by atoms with Crippen molar-refractivity contribution in [3.63, 3.8) is 0 Å². The molecular formula is C18H27N5O3S2. The molecule has 0 amide bonds. The molecule has 8 nitrogen and oxygen atoms in total. The standard InChI is InChI=1S/C18H27N5O3S2/c24-28(25,23-7-9-26-10-8-23)16-5-3-14(4-6-16)20-18(27)21-15-2-1-13-12-19-22-17(13)11-15/h3-6,13,15,17,19,22H,1-2,7-12H2,(H2,20,21,27). The van der Waals surface area contributed by atoms with Gasteiger partial charge in [0.25, 0.3) is 0 Å². The average Bonchev–Trinajstić information content (AvgIpc) is 3.17. The van der Waals surface area contributed by atoms with Crippen LogP contribution in [-0.4, -0.2) is 62.8 Å². The molecule has 2 aliphatic heterocycles. The Hall–Kier alpha value is -1.30. The van der Waals surface area contributed by atoms with Gasteiger partial charge >= 0.3 is 0 Å². The molecule has 4 rings (SSSR count). The van der Waals surface area contributed by atoms with Gasteiger partial charge in [-0.2, -0.15) is 4.31 Å². The number of morpholine rings is 1. The van der Waals surface area contributed by atoms with Crippen molar-refractivity contribution in [2.45, 2.75) is 36.2 Å².